The van der Waals surface area contributed by atoms with E-state index >= 15 is 0 Å². The Morgan fingerprint density at radius 2 is 2.00 bits per heavy atom. The molecule has 0 aliphatic heterocycles. The normalized spacial score (nSPS) is 10.9. The fourth-order valence-electron chi connectivity index (χ4n) is 1.72. The van der Waals surface area contributed by atoms with Crippen LogP contribution in [0.3, 0.4) is 0 Å². The van der Waals surface area contributed by atoms with Gasteiger partial charge >= 0.3 is 0 Å². The first-order valence-corrected chi connectivity index (χ1v) is 5.33. The van der Waals surface area contributed by atoms with Crippen LogP contribution < -0.4 is 0 Å². The van der Waals surface area contributed by atoms with Gasteiger partial charge in [-0.25, -0.2) is 4.98 Å². The summed E-state index contributed by atoms with van der Waals surface area (Å²) in [6.45, 7) is 1.92. The van der Waals surface area contributed by atoms with Crippen molar-refractivity contribution in [2.75, 3.05) is 0 Å². The van der Waals surface area contributed by atoms with Crippen LogP contribution in [0, 0.1) is 6.92 Å². The molecule has 0 aromatic carbocycles. The smallest absolute Gasteiger partial charge is 0.182 e. The predicted octanol–water partition coefficient (Wildman–Crippen LogP) is 1.73. The molecule has 17 heavy (non-hydrogen) atoms. The molecule has 0 aliphatic carbocycles. The Bertz CT molecular complexity index is 686. The van der Waals surface area contributed by atoms with Crippen molar-refractivity contribution in [3.63, 3.8) is 0 Å². The largest absolute Gasteiger partial charge is 0.313 e. The lowest BCUT2D eigenvalue weighted by molar-refractivity contribution is 0.862. The molecule has 0 saturated carbocycles. The number of hydrogen-bond donors (Lipinski definition) is 0. The third-order valence-corrected chi connectivity index (χ3v) is 2.81. The highest BCUT2D eigenvalue weighted by atomic mass is 15.3. The van der Waals surface area contributed by atoms with E-state index in [4.69, 9.17) is 0 Å². The summed E-state index contributed by atoms with van der Waals surface area (Å²) in [5, 5.41) is 9.18. The van der Waals surface area contributed by atoms with Gasteiger partial charge in [0, 0.05) is 24.8 Å². The lowest BCUT2D eigenvalue weighted by atomic mass is 10.2. The molecule has 0 unspecified atom stereocenters. The van der Waals surface area contributed by atoms with Crippen molar-refractivity contribution >= 4 is 10.9 Å². The van der Waals surface area contributed by atoms with Crippen LogP contribution in [0.4, 0.5) is 0 Å². The van der Waals surface area contributed by atoms with Crippen LogP contribution in [0.1, 0.15) is 5.82 Å². The number of aryl methyl sites for hydroxylation is 1. The summed E-state index contributed by atoms with van der Waals surface area (Å²) in [5.41, 5.74) is 1.74. The number of pyridine rings is 2. The highest BCUT2D eigenvalue weighted by Crippen LogP contribution is 2.18. The summed E-state index contributed by atoms with van der Waals surface area (Å²) in [4.78, 5) is 8.62. The molecule has 0 saturated heterocycles. The molecular formula is C12H11N5. The zero-order chi connectivity index (χ0) is 11.8. The average Bonchev–Trinajstić information content (AvgIpc) is 2.70. The molecule has 0 bridgehead atoms. The first-order valence-electron chi connectivity index (χ1n) is 5.33. The Morgan fingerprint density at radius 1 is 1.12 bits per heavy atom. The van der Waals surface area contributed by atoms with Gasteiger partial charge in [0.25, 0.3) is 0 Å². The molecule has 3 aromatic heterocycles. The van der Waals surface area contributed by atoms with E-state index in [9.17, 15) is 0 Å². The molecular weight excluding hydrogens is 214 g/mol. The van der Waals surface area contributed by atoms with Gasteiger partial charge in [0.1, 0.15) is 11.5 Å². The zero-order valence-electron chi connectivity index (χ0n) is 9.62. The Kier molecular flexibility index (Phi) is 2.11. The molecule has 5 heteroatoms. The van der Waals surface area contributed by atoms with Crippen LogP contribution in [0.2, 0.25) is 0 Å². The Hall–Kier alpha value is -2.30. The van der Waals surface area contributed by atoms with E-state index in [2.05, 4.69) is 20.2 Å². The fraction of sp³-hybridized carbons (Fsp3) is 0.167. The van der Waals surface area contributed by atoms with E-state index < -0.39 is 0 Å². The minimum absolute atomic E-state index is 0.779. The quantitative estimate of drug-likeness (QED) is 0.633. The molecule has 3 aromatic rings. The van der Waals surface area contributed by atoms with Crippen molar-refractivity contribution in [1.82, 2.24) is 24.7 Å². The first-order chi connectivity index (χ1) is 8.25. The van der Waals surface area contributed by atoms with Crippen LogP contribution in [0.25, 0.3) is 22.4 Å². The minimum atomic E-state index is 0.779. The van der Waals surface area contributed by atoms with Crippen LogP contribution in [0.5, 0.6) is 0 Å². The van der Waals surface area contributed by atoms with Crippen LogP contribution in [0.15, 0.2) is 30.6 Å². The van der Waals surface area contributed by atoms with Crippen molar-refractivity contribution in [2.45, 2.75) is 6.92 Å². The Morgan fingerprint density at radius 3 is 2.76 bits per heavy atom. The maximum Gasteiger partial charge on any atom is 0.182 e. The van der Waals surface area contributed by atoms with Gasteiger partial charge in [-0.05, 0) is 25.1 Å². The summed E-state index contributed by atoms with van der Waals surface area (Å²) in [5.74, 6) is 1.65. The van der Waals surface area contributed by atoms with E-state index in [0.717, 1.165) is 28.2 Å². The van der Waals surface area contributed by atoms with Crippen molar-refractivity contribution in [2.24, 2.45) is 7.05 Å². The highest BCUT2D eigenvalue weighted by Gasteiger charge is 2.09. The SMILES string of the molecule is Cc1nnc(-c2ccc3cnccc3n2)n1C. The highest BCUT2D eigenvalue weighted by molar-refractivity contribution is 5.79. The second-order valence-corrected chi connectivity index (χ2v) is 3.89. The molecule has 3 rings (SSSR count). The molecule has 0 spiro atoms. The lowest BCUT2D eigenvalue weighted by Gasteiger charge is -2.02. The molecule has 0 aliphatic rings. The van der Waals surface area contributed by atoms with Crippen LogP contribution >= 0.6 is 0 Å². The summed E-state index contributed by atoms with van der Waals surface area (Å²) in [6.07, 6.45) is 3.54. The lowest BCUT2D eigenvalue weighted by Crippen LogP contribution is -1.96. The molecule has 5 nitrogen and oxygen atoms in total. The van der Waals surface area contributed by atoms with Gasteiger partial charge in [-0.3, -0.25) is 4.98 Å². The zero-order valence-corrected chi connectivity index (χ0v) is 9.62. The van der Waals surface area contributed by atoms with Crippen LogP contribution in [-0.2, 0) is 7.05 Å². The molecule has 0 N–H and O–H groups in total. The molecule has 0 atom stereocenters. The Balaban J connectivity index is 2.21. The molecule has 3 heterocycles. The van der Waals surface area contributed by atoms with Crippen LogP contribution in [-0.4, -0.2) is 24.7 Å². The average molecular weight is 225 g/mol. The second-order valence-electron chi connectivity index (χ2n) is 3.89. The van der Waals surface area contributed by atoms with E-state index in [-0.39, 0.29) is 0 Å². The molecule has 0 radical (unpaired) electrons. The van der Waals surface area contributed by atoms with Crippen molar-refractivity contribution in [3.8, 4) is 11.5 Å². The monoisotopic (exact) mass is 225 g/mol. The topological polar surface area (TPSA) is 56.5 Å². The number of aromatic nitrogens is 5. The number of nitrogens with zero attached hydrogens (tertiary/aromatic N) is 5. The second kappa shape index (κ2) is 3.62. The summed E-state index contributed by atoms with van der Waals surface area (Å²) < 4.78 is 1.93. The summed E-state index contributed by atoms with van der Waals surface area (Å²) >= 11 is 0. The van der Waals surface area contributed by atoms with Gasteiger partial charge in [0.2, 0.25) is 0 Å². The molecule has 0 fully saturated rings. The van der Waals surface area contributed by atoms with Gasteiger partial charge in [-0.2, -0.15) is 0 Å². The van der Waals surface area contributed by atoms with Gasteiger partial charge in [0.15, 0.2) is 5.82 Å². The number of rotatable bonds is 1. The van der Waals surface area contributed by atoms with E-state index in [1.165, 1.54) is 0 Å². The number of hydrogen-bond acceptors (Lipinski definition) is 4. The predicted molar refractivity (Wildman–Crippen MR) is 64.3 cm³/mol. The molecule has 84 valence electrons. The standard InChI is InChI=1S/C12H11N5/c1-8-15-16-12(17(8)2)11-4-3-9-7-13-6-5-10(9)14-11/h3-7H,1-2H3. The van der Waals surface area contributed by atoms with E-state index in [0.29, 0.717) is 0 Å². The molecule has 0 amide bonds. The van der Waals surface area contributed by atoms with Crippen molar-refractivity contribution in [3.05, 3.63) is 36.4 Å². The fourth-order valence-corrected chi connectivity index (χ4v) is 1.72. The number of fused-ring (bicyclic) bond motifs is 1. The summed E-state index contributed by atoms with van der Waals surface area (Å²) in [7, 11) is 1.93. The Labute approximate surface area is 98.2 Å². The van der Waals surface area contributed by atoms with Gasteiger partial charge in [0.05, 0.1) is 5.52 Å². The van der Waals surface area contributed by atoms with Crippen molar-refractivity contribution in [1.29, 1.82) is 0 Å². The van der Waals surface area contributed by atoms with E-state index in [1.807, 2.05) is 36.7 Å². The third kappa shape index (κ3) is 1.56. The van der Waals surface area contributed by atoms with Gasteiger partial charge in [-0.15, -0.1) is 10.2 Å². The maximum absolute atomic E-state index is 4.56. The minimum Gasteiger partial charge on any atom is -0.313 e. The van der Waals surface area contributed by atoms with E-state index in [1.54, 1.807) is 12.4 Å². The van der Waals surface area contributed by atoms with Gasteiger partial charge in [-0.1, -0.05) is 0 Å². The van der Waals surface area contributed by atoms with Gasteiger partial charge < -0.3 is 4.57 Å². The maximum atomic E-state index is 4.56. The first kappa shape index (κ1) is 9.89. The van der Waals surface area contributed by atoms with Crippen molar-refractivity contribution < 1.29 is 0 Å². The third-order valence-electron chi connectivity index (χ3n) is 2.81. The summed E-state index contributed by atoms with van der Waals surface area (Å²) in [6, 6.07) is 5.82.